The van der Waals surface area contributed by atoms with Gasteiger partial charge in [0.25, 0.3) is 0 Å². The fourth-order valence-corrected chi connectivity index (χ4v) is 1.66. The monoisotopic (exact) mass is 172 g/mol. The third kappa shape index (κ3) is 1.53. The lowest BCUT2D eigenvalue weighted by atomic mass is 9.76. The molecule has 3 N–H and O–H groups in total. The van der Waals surface area contributed by atoms with Crippen molar-refractivity contribution in [2.45, 2.75) is 31.7 Å². The predicted molar refractivity (Wildman–Crippen MR) is 45.5 cm³/mol. The Morgan fingerprint density at radius 1 is 1.25 bits per heavy atom. The van der Waals surface area contributed by atoms with Gasteiger partial charge in [0.15, 0.2) is 0 Å². The highest BCUT2D eigenvalue weighted by atomic mass is 16.3. The Bertz CT molecular complexity index is 169. The Labute approximate surface area is 72.3 Å². The van der Waals surface area contributed by atoms with Gasteiger partial charge in [-0.05, 0) is 6.42 Å². The van der Waals surface area contributed by atoms with E-state index < -0.39 is 18.3 Å². The molecule has 0 aromatic rings. The first kappa shape index (κ1) is 9.71. The van der Waals surface area contributed by atoms with Crippen LogP contribution in [0.1, 0.15) is 13.3 Å². The highest BCUT2D eigenvalue weighted by molar-refractivity contribution is 4.97. The second-order valence-corrected chi connectivity index (χ2v) is 3.54. The van der Waals surface area contributed by atoms with E-state index in [1.54, 1.807) is 13.0 Å². The van der Waals surface area contributed by atoms with Gasteiger partial charge < -0.3 is 15.3 Å². The van der Waals surface area contributed by atoms with Gasteiger partial charge in [0, 0.05) is 11.8 Å². The molecule has 1 aliphatic rings. The standard InChI is InChI=1S/C9H16O3/c1-3-6-4-7(10)5(2)8(11)9(6)12/h3,5-12H,1,4H2,2H3/t5-,6-,7+,8+,9-/m1/s1. The Hall–Kier alpha value is -0.380. The summed E-state index contributed by atoms with van der Waals surface area (Å²) in [6.45, 7) is 5.28. The summed E-state index contributed by atoms with van der Waals surface area (Å²) < 4.78 is 0. The van der Waals surface area contributed by atoms with Gasteiger partial charge in [0.05, 0.1) is 18.3 Å². The van der Waals surface area contributed by atoms with Gasteiger partial charge in [-0.1, -0.05) is 13.0 Å². The van der Waals surface area contributed by atoms with E-state index in [2.05, 4.69) is 6.58 Å². The summed E-state index contributed by atoms with van der Waals surface area (Å²) in [5, 5.41) is 28.4. The van der Waals surface area contributed by atoms with Crippen LogP contribution in [-0.2, 0) is 0 Å². The minimum Gasteiger partial charge on any atom is -0.393 e. The maximum atomic E-state index is 9.49. The minimum atomic E-state index is -0.836. The Morgan fingerprint density at radius 3 is 2.33 bits per heavy atom. The number of hydrogen-bond acceptors (Lipinski definition) is 3. The zero-order valence-electron chi connectivity index (χ0n) is 7.22. The summed E-state index contributed by atoms with van der Waals surface area (Å²) in [7, 11) is 0. The van der Waals surface area contributed by atoms with Crippen LogP contribution in [0.15, 0.2) is 12.7 Å². The van der Waals surface area contributed by atoms with Gasteiger partial charge in [0.2, 0.25) is 0 Å². The Morgan fingerprint density at radius 2 is 1.83 bits per heavy atom. The first-order chi connectivity index (χ1) is 5.57. The average molecular weight is 172 g/mol. The fourth-order valence-electron chi connectivity index (χ4n) is 1.66. The third-order valence-electron chi connectivity index (χ3n) is 2.75. The lowest BCUT2D eigenvalue weighted by Crippen LogP contribution is -2.48. The molecular weight excluding hydrogens is 156 g/mol. The molecule has 3 heteroatoms. The summed E-state index contributed by atoms with van der Waals surface area (Å²) in [6, 6.07) is 0. The van der Waals surface area contributed by atoms with Crippen LogP contribution in [0.25, 0.3) is 0 Å². The zero-order chi connectivity index (χ0) is 9.30. The van der Waals surface area contributed by atoms with E-state index in [0.717, 1.165) is 0 Å². The summed E-state index contributed by atoms with van der Waals surface area (Å²) in [5.41, 5.74) is 0. The van der Waals surface area contributed by atoms with Crippen molar-refractivity contribution in [2.75, 3.05) is 0 Å². The molecule has 0 heterocycles. The topological polar surface area (TPSA) is 60.7 Å². The van der Waals surface area contributed by atoms with Crippen LogP contribution in [0.4, 0.5) is 0 Å². The van der Waals surface area contributed by atoms with Crippen molar-refractivity contribution < 1.29 is 15.3 Å². The van der Waals surface area contributed by atoms with Gasteiger partial charge >= 0.3 is 0 Å². The van der Waals surface area contributed by atoms with Crippen molar-refractivity contribution in [3.63, 3.8) is 0 Å². The molecular formula is C9H16O3. The molecule has 1 rings (SSSR count). The summed E-state index contributed by atoms with van der Waals surface area (Å²) >= 11 is 0. The van der Waals surface area contributed by atoms with Crippen LogP contribution >= 0.6 is 0 Å². The largest absolute Gasteiger partial charge is 0.393 e. The zero-order valence-corrected chi connectivity index (χ0v) is 7.22. The maximum Gasteiger partial charge on any atom is 0.0865 e. The van der Waals surface area contributed by atoms with Crippen LogP contribution < -0.4 is 0 Å². The quantitative estimate of drug-likeness (QED) is 0.484. The lowest BCUT2D eigenvalue weighted by molar-refractivity contribution is -0.107. The van der Waals surface area contributed by atoms with E-state index in [0.29, 0.717) is 6.42 Å². The average Bonchev–Trinajstić information content (AvgIpc) is 2.08. The molecule has 70 valence electrons. The number of aliphatic hydroxyl groups excluding tert-OH is 3. The molecule has 1 saturated carbocycles. The van der Waals surface area contributed by atoms with Gasteiger partial charge in [-0.3, -0.25) is 0 Å². The molecule has 0 spiro atoms. The summed E-state index contributed by atoms with van der Waals surface area (Å²) in [4.78, 5) is 0. The molecule has 5 atom stereocenters. The first-order valence-electron chi connectivity index (χ1n) is 4.24. The van der Waals surface area contributed by atoms with E-state index in [1.165, 1.54) is 0 Å². The van der Waals surface area contributed by atoms with Crippen molar-refractivity contribution in [1.82, 2.24) is 0 Å². The van der Waals surface area contributed by atoms with E-state index in [1.807, 2.05) is 0 Å². The number of aliphatic hydroxyl groups is 3. The molecule has 0 amide bonds. The molecule has 0 radical (unpaired) electrons. The van der Waals surface area contributed by atoms with Crippen LogP contribution in [0.3, 0.4) is 0 Å². The van der Waals surface area contributed by atoms with Gasteiger partial charge in [0.1, 0.15) is 0 Å². The highest BCUT2D eigenvalue weighted by Gasteiger charge is 2.38. The second-order valence-electron chi connectivity index (χ2n) is 3.54. The maximum absolute atomic E-state index is 9.49. The van der Waals surface area contributed by atoms with Crippen molar-refractivity contribution in [2.24, 2.45) is 11.8 Å². The molecule has 1 fully saturated rings. The van der Waals surface area contributed by atoms with Gasteiger partial charge in [-0.15, -0.1) is 6.58 Å². The first-order valence-corrected chi connectivity index (χ1v) is 4.24. The van der Waals surface area contributed by atoms with Crippen molar-refractivity contribution in [3.05, 3.63) is 12.7 Å². The summed E-state index contributed by atoms with van der Waals surface area (Å²) in [6.07, 6.45) is -0.0738. The van der Waals surface area contributed by atoms with E-state index >= 15 is 0 Å². The third-order valence-corrected chi connectivity index (χ3v) is 2.75. The van der Waals surface area contributed by atoms with E-state index in [-0.39, 0.29) is 11.8 Å². The second kappa shape index (κ2) is 3.56. The Kier molecular flexibility index (Phi) is 2.88. The summed E-state index contributed by atoms with van der Waals surface area (Å²) in [5.74, 6) is -0.442. The van der Waals surface area contributed by atoms with Crippen molar-refractivity contribution in [1.29, 1.82) is 0 Å². The van der Waals surface area contributed by atoms with Crippen molar-refractivity contribution >= 4 is 0 Å². The van der Waals surface area contributed by atoms with Crippen LogP contribution in [0.2, 0.25) is 0 Å². The van der Waals surface area contributed by atoms with Gasteiger partial charge in [-0.25, -0.2) is 0 Å². The van der Waals surface area contributed by atoms with Gasteiger partial charge in [-0.2, -0.15) is 0 Å². The molecule has 0 aromatic carbocycles. The predicted octanol–water partition coefficient (Wildman–Crippen LogP) is -0.0889. The van der Waals surface area contributed by atoms with Crippen LogP contribution in [-0.4, -0.2) is 33.6 Å². The normalized spacial score (nSPS) is 48.8. The van der Waals surface area contributed by atoms with Crippen LogP contribution in [0, 0.1) is 11.8 Å². The molecule has 0 aromatic heterocycles. The molecule has 1 aliphatic carbocycles. The Balaban J connectivity index is 2.70. The molecule has 0 saturated heterocycles. The SMILES string of the molecule is C=C[C@@H]1C[C@H](O)[C@@H](C)[C@H](O)[C@@H]1O. The number of rotatable bonds is 1. The molecule has 0 unspecified atom stereocenters. The fraction of sp³-hybridized carbons (Fsp3) is 0.778. The van der Waals surface area contributed by atoms with E-state index in [9.17, 15) is 15.3 Å². The molecule has 0 bridgehead atoms. The molecule has 0 aliphatic heterocycles. The molecule has 3 nitrogen and oxygen atoms in total. The van der Waals surface area contributed by atoms with Crippen LogP contribution in [0.5, 0.6) is 0 Å². The van der Waals surface area contributed by atoms with E-state index in [4.69, 9.17) is 0 Å². The van der Waals surface area contributed by atoms with Crippen molar-refractivity contribution in [3.8, 4) is 0 Å². The minimum absolute atomic E-state index is 0.189. The smallest absolute Gasteiger partial charge is 0.0865 e. The molecule has 12 heavy (non-hydrogen) atoms. The number of hydrogen-bond donors (Lipinski definition) is 3. The highest BCUT2D eigenvalue weighted by Crippen LogP contribution is 2.30. The lowest BCUT2D eigenvalue weighted by Gasteiger charge is -2.37.